The van der Waals surface area contributed by atoms with Gasteiger partial charge in [0, 0.05) is 25.1 Å². The molecule has 2 aromatic carbocycles. The van der Waals surface area contributed by atoms with Gasteiger partial charge in [-0.2, -0.15) is 0 Å². The summed E-state index contributed by atoms with van der Waals surface area (Å²) in [5.41, 5.74) is 1.63. The van der Waals surface area contributed by atoms with Crippen molar-refractivity contribution in [1.82, 2.24) is 4.90 Å². The van der Waals surface area contributed by atoms with Crippen LogP contribution in [0.1, 0.15) is 42.1 Å². The van der Waals surface area contributed by atoms with Crippen LogP contribution in [-0.2, 0) is 6.54 Å². The summed E-state index contributed by atoms with van der Waals surface area (Å²) in [7, 11) is 0. The molecule has 6 nitrogen and oxygen atoms in total. The number of hydrogen-bond acceptors (Lipinski definition) is 5. The van der Waals surface area contributed by atoms with E-state index in [-0.39, 0.29) is 12.7 Å². The molecule has 0 atom stereocenters. The Kier molecular flexibility index (Phi) is 5.55. The lowest BCUT2D eigenvalue weighted by Gasteiger charge is -2.23. The maximum Gasteiger partial charge on any atom is 0.254 e. The molecule has 0 N–H and O–H groups in total. The highest BCUT2D eigenvalue weighted by Gasteiger charge is 2.21. The van der Waals surface area contributed by atoms with E-state index >= 15 is 0 Å². The van der Waals surface area contributed by atoms with Gasteiger partial charge in [-0.3, -0.25) is 4.79 Å². The van der Waals surface area contributed by atoms with Crippen molar-refractivity contribution >= 4 is 5.91 Å². The normalized spacial score (nSPS) is 14.5. The number of fused-ring (bicyclic) bond motifs is 2. The van der Waals surface area contributed by atoms with Crippen LogP contribution in [0.3, 0.4) is 0 Å². The summed E-state index contributed by atoms with van der Waals surface area (Å²) in [6.45, 7) is 4.81. The van der Waals surface area contributed by atoms with Crippen molar-refractivity contribution in [3.63, 3.8) is 0 Å². The molecule has 1 amide bonds. The van der Waals surface area contributed by atoms with Gasteiger partial charge in [-0.1, -0.05) is 19.4 Å². The summed E-state index contributed by atoms with van der Waals surface area (Å²) >= 11 is 0. The molecule has 0 saturated carbocycles. The number of amides is 1. The smallest absolute Gasteiger partial charge is 0.254 e. The van der Waals surface area contributed by atoms with Gasteiger partial charge in [0.05, 0.1) is 13.2 Å². The number of nitrogens with zero attached hydrogens (tertiary/aromatic N) is 1. The van der Waals surface area contributed by atoms with E-state index in [0.717, 1.165) is 36.3 Å². The van der Waals surface area contributed by atoms with Crippen LogP contribution in [-0.4, -0.2) is 37.4 Å². The molecule has 0 unspecified atom stereocenters. The Balaban J connectivity index is 1.55. The molecule has 148 valence electrons. The van der Waals surface area contributed by atoms with Gasteiger partial charge in [0.2, 0.25) is 6.79 Å². The number of carbonyl (C=O) groups is 1. The minimum Gasteiger partial charge on any atom is -0.490 e. The zero-order valence-corrected chi connectivity index (χ0v) is 16.1. The van der Waals surface area contributed by atoms with E-state index in [0.29, 0.717) is 43.4 Å². The number of hydrogen-bond donors (Lipinski definition) is 0. The summed E-state index contributed by atoms with van der Waals surface area (Å²) in [4.78, 5) is 15.1. The van der Waals surface area contributed by atoms with Crippen LogP contribution in [0, 0.1) is 0 Å². The molecule has 0 aromatic heterocycles. The number of carbonyl (C=O) groups excluding carboxylic acids is 1. The molecule has 2 aromatic rings. The van der Waals surface area contributed by atoms with Gasteiger partial charge >= 0.3 is 0 Å². The van der Waals surface area contributed by atoms with Crippen LogP contribution in [0.25, 0.3) is 0 Å². The highest BCUT2D eigenvalue weighted by molar-refractivity contribution is 5.95. The van der Waals surface area contributed by atoms with Crippen LogP contribution in [0.2, 0.25) is 0 Å². The second kappa shape index (κ2) is 8.42. The Labute approximate surface area is 165 Å². The average molecular weight is 383 g/mol. The van der Waals surface area contributed by atoms with Crippen LogP contribution in [0.4, 0.5) is 0 Å². The quantitative estimate of drug-likeness (QED) is 0.754. The molecular weight excluding hydrogens is 358 g/mol. The molecule has 28 heavy (non-hydrogen) atoms. The highest BCUT2D eigenvalue weighted by Crippen LogP contribution is 2.33. The first-order chi connectivity index (χ1) is 13.7. The fourth-order valence-electron chi connectivity index (χ4n) is 3.34. The summed E-state index contributed by atoms with van der Waals surface area (Å²) in [5, 5.41) is 0. The molecule has 0 spiro atoms. The SMILES string of the molecule is CCCCN(Cc1ccc2c(c1)OCO2)C(=O)c1ccc2c(c1)OCCCO2. The van der Waals surface area contributed by atoms with Crippen LogP contribution < -0.4 is 18.9 Å². The highest BCUT2D eigenvalue weighted by atomic mass is 16.7. The largest absolute Gasteiger partial charge is 0.490 e. The zero-order chi connectivity index (χ0) is 19.3. The van der Waals surface area contributed by atoms with Crippen molar-refractivity contribution in [3.05, 3.63) is 47.5 Å². The summed E-state index contributed by atoms with van der Waals surface area (Å²) in [5.74, 6) is 2.81. The van der Waals surface area contributed by atoms with Crippen molar-refractivity contribution in [2.75, 3.05) is 26.6 Å². The predicted molar refractivity (Wildman–Crippen MR) is 104 cm³/mol. The summed E-state index contributed by atoms with van der Waals surface area (Å²) < 4.78 is 22.3. The average Bonchev–Trinajstić information content (AvgIpc) is 3.06. The lowest BCUT2D eigenvalue weighted by atomic mass is 10.1. The van der Waals surface area contributed by atoms with E-state index in [1.165, 1.54) is 0 Å². The number of rotatable bonds is 6. The Hall–Kier alpha value is -2.89. The van der Waals surface area contributed by atoms with Crippen molar-refractivity contribution in [1.29, 1.82) is 0 Å². The summed E-state index contributed by atoms with van der Waals surface area (Å²) in [6.07, 6.45) is 2.80. The van der Waals surface area contributed by atoms with Crippen molar-refractivity contribution in [2.45, 2.75) is 32.7 Å². The van der Waals surface area contributed by atoms with Crippen LogP contribution in [0.15, 0.2) is 36.4 Å². The first-order valence-corrected chi connectivity index (χ1v) is 9.82. The molecule has 0 saturated heterocycles. The maximum atomic E-state index is 13.2. The number of ether oxygens (including phenoxy) is 4. The Morgan fingerprint density at radius 3 is 2.50 bits per heavy atom. The molecule has 0 bridgehead atoms. The topological polar surface area (TPSA) is 57.2 Å². The monoisotopic (exact) mass is 383 g/mol. The van der Waals surface area contributed by atoms with Gasteiger partial charge in [-0.15, -0.1) is 0 Å². The second-order valence-electron chi connectivity index (χ2n) is 6.98. The molecule has 4 rings (SSSR count). The van der Waals surface area contributed by atoms with E-state index in [9.17, 15) is 4.79 Å². The third kappa shape index (κ3) is 4.01. The Bertz CT molecular complexity index is 851. The predicted octanol–water partition coefficient (Wildman–Crippen LogP) is 4.02. The van der Waals surface area contributed by atoms with E-state index in [4.69, 9.17) is 18.9 Å². The second-order valence-corrected chi connectivity index (χ2v) is 6.98. The third-order valence-corrected chi connectivity index (χ3v) is 4.87. The molecular formula is C22H25NO5. The lowest BCUT2D eigenvalue weighted by Crippen LogP contribution is -2.31. The Morgan fingerprint density at radius 1 is 0.929 bits per heavy atom. The number of unbranched alkanes of at least 4 members (excludes halogenated alkanes) is 1. The van der Waals surface area contributed by atoms with Gasteiger partial charge in [0.1, 0.15) is 0 Å². The minimum absolute atomic E-state index is 0.0123. The van der Waals surface area contributed by atoms with Gasteiger partial charge < -0.3 is 23.8 Å². The van der Waals surface area contributed by atoms with Gasteiger partial charge in [0.15, 0.2) is 23.0 Å². The molecule has 2 aliphatic heterocycles. The van der Waals surface area contributed by atoms with Crippen molar-refractivity contribution in [2.24, 2.45) is 0 Å². The van der Waals surface area contributed by atoms with E-state index < -0.39 is 0 Å². The lowest BCUT2D eigenvalue weighted by molar-refractivity contribution is 0.0740. The van der Waals surface area contributed by atoms with E-state index in [2.05, 4.69) is 6.92 Å². The van der Waals surface area contributed by atoms with Gasteiger partial charge in [0.25, 0.3) is 5.91 Å². The standard InChI is InChI=1S/C22H25NO5/c1-2-3-9-23(14-16-5-7-19-20(12-16)28-15-27-19)22(24)17-6-8-18-21(13-17)26-11-4-10-25-18/h5-8,12-13H,2-4,9-11,14-15H2,1H3. The zero-order valence-electron chi connectivity index (χ0n) is 16.1. The first-order valence-electron chi connectivity index (χ1n) is 9.82. The van der Waals surface area contributed by atoms with Gasteiger partial charge in [-0.25, -0.2) is 0 Å². The molecule has 0 fully saturated rings. The fourth-order valence-corrected chi connectivity index (χ4v) is 3.34. The molecule has 0 aliphatic carbocycles. The van der Waals surface area contributed by atoms with E-state index in [1.54, 1.807) is 6.07 Å². The third-order valence-electron chi connectivity index (χ3n) is 4.87. The van der Waals surface area contributed by atoms with Crippen LogP contribution >= 0.6 is 0 Å². The van der Waals surface area contributed by atoms with Crippen molar-refractivity contribution in [3.8, 4) is 23.0 Å². The Morgan fingerprint density at radius 2 is 1.64 bits per heavy atom. The fraction of sp³-hybridized carbons (Fsp3) is 0.409. The van der Waals surface area contributed by atoms with E-state index in [1.807, 2.05) is 35.2 Å². The van der Waals surface area contributed by atoms with Gasteiger partial charge in [-0.05, 0) is 42.3 Å². The minimum atomic E-state index is -0.0123. The number of benzene rings is 2. The molecule has 2 heterocycles. The first kappa shape index (κ1) is 18.5. The molecule has 6 heteroatoms. The van der Waals surface area contributed by atoms with Crippen molar-refractivity contribution < 1.29 is 23.7 Å². The van der Waals surface area contributed by atoms with Crippen LogP contribution in [0.5, 0.6) is 23.0 Å². The molecule has 0 radical (unpaired) electrons. The maximum absolute atomic E-state index is 13.2. The summed E-state index contributed by atoms with van der Waals surface area (Å²) in [6, 6.07) is 11.3. The molecule has 2 aliphatic rings.